The largest absolute Gasteiger partial charge is 0.469 e. The number of carbonyl (C=O) groups is 2. The van der Waals surface area contributed by atoms with Crippen molar-refractivity contribution in [3.63, 3.8) is 0 Å². The van der Waals surface area contributed by atoms with E-state index in [1.165, 1.54) is 7.05 Å². The van der Waals surface area contributed by atoms with E-state index in [-0.39, 0.29) is 0 Å². The second kappa shape index (κ2) is 7.99. The Balaban J connectivity index is 2.01. The second-order valence-electron chi connectivity index (χ2n) is 4.70. The monoisotopic (exact) mass is 301 g/mol. The average Bonchev–Trinajstić information content (AvgIpc) is 3.05. The summed E-state index contributed by atoms with van der Waals surface area (Å²) >= 11 is 0. The Morgan fingerprint density at radius 1 is 1.14 bits per heavy atom. The minimum atomic E-state index is -0.603. The molecule has 1 aromatic carbocycles. The molecule has 0 aliphatic carbocycles. The van der Waals surface area contributed by atoms with Crippen LogP contribution in [0, 0.1) is 0 Å². The van der Waals surface area contributed by atoms with Gasteiger partial charge in [-0.2, -0.15) is 0 Å². The van der Waals surface area contributed by atoms with Gasteiger partial charge in [0.2, 0.25) is 5.91 Å². The van der Waals surface area contributed by atoms with Crippen LogP contribution in [0.5, 0.6) is 0 Å². The number of rotatable bonds is 6. The predicted octanol–water partition coefficient (Wildman–Crippen LogP) is 1.61. The Morgan fingerprint density at radius 3 is 2.55 bits per heavy atom. The van der Waals surface area contributed by atoms with Crippen LogP contribution in [0.4, 0.5) is 4.79 Å². The zero-order chi connectivity index (χ0) is 15.8. The summed E-state index contributed by atoms with van der Waals surface area (Å²) in [5.41, 5.74) is 0.795. The minimum Gasteiger partial charge on any atom is -0.469 e. The van der Waals surface area contributed by atoms with Crippen LogP contribution in [0.1, 0.15) is 17.4 Å². The van der Waals surface area contributed by atoms with Gasteiger partial charge < -0.3 is 15.1 Å². The Kier molecular flexibility index (Phi) is 5.73. The van der Waals surface area contributed by atoms with Crippen molar-refractivity contribution in [1.82, 2.24) is 16.0 Å². The van der Waals surface area contributed by atoms with E-state index < -0.39 is 18.0 Å². The number of amides is 3. The molecular weight excluding hydrogens is 282 g/mol. The normalized spacial score (nSPS) is 11.7. The van der Waals surface area contributed by atoms with Crippen molar-refractivity contribution in [3.05, 3.63) is 60.1 Å². The fourth-order valence-electron chi connectivity index (χ4n) is 2.05. The summed E-state index contributed by atoms with van der Waals surface area (Å²) in [6.45, 7) is 0.550. The van der Waals surface area contributed by atoms with Crippen LogP contribution in [-0.4, -0.2) is 25.5 Å². The Bertz CT molecular complexity index is 596. The molecule has 0 bridgehead atoms. The maximum Gasteiger partial charge on any atom is 0.321 e. The third-order valence-corrected chi connectivity index (χ3v) is 3.16. The first-order valence-electron chi connectivity index (χ1n) is 7.04. The van der Waals surface area contributed by atoms with Gasteiger partial charge >= 0.3 is 6.03 Å². The quantitative estimate of drug-likeness (QED) is 0.757. The van der Waals surface area contributed by atoms with Gasteiger partial charge in [-0.25, -0.2) is 4.79 Å². The lowest BCUT2D eigenvalue weighted by Gasteiger charge is -2.18. The van der Waals surface area contributed by atoms with Crippen LogP contribution in [0.25, 0.3) is 0 Å². The lowest BCUT2D eigenvalue weighted by atomic mass is 10.1. The van der Waals surface area contributed by atoms with Gasteiger partial charge in [-0.15, -0.1) is 0 Å². The maximum absolute atomic E-state index is 12.2. The number of imide groups is 1. The van der Waals surface area contributed by atoms with Crippen molar-refractivity contribution in [3.8, 4) is 0 Å². The highest BCUT2D eigenvalue weighted by Gasteiger charge is 2.21. The lowest BCUT2D eigenvalue weighted by molar-refractivity contribution is -0.122. The van der Waals surface area contributed by atoms with Gasteiger partial charge in [-0.1, -0.05) is 30.3 Å². The van der Waals surface area contributed by atoms with E-state index in [0.29, 0.717) is 13.0 Å². The molecule has 1 heterocycles. The van der Waals surface area contributed by atoms with Crippen LogP contribution in [0.15, 0.2) is 53.1 Å². The molecule has 1 aromatic heterocycles. The number of hydrogen-bond acceptors (Lipinski definition) is 4. The molecule has 0 saturated carbocycles. The van der Waals surface area contributed by atoms with Gasteiger partial charge in [0.25, 0.3) is 0 Å². The molecule has 0 aliphatic rings. The van der Waals surface area contributed by atoms with Gasteiger partial charge in [0, 0.05) is 20.0 Å². The molecule has 6 heteroatoms. The molecule has 116 valence electrons. The molecule has 0 radical (unpaired) electrons. The van der Waals surface area contributed by atoms with E-state index in [0.717, 1.165) is 11.3 Å². The van der Waals surface area contributed by atoms with Gasteiger partial charge in [-0.05, 0) is 17.7 Å². The highest BCUT2D eigenvalue weighted by atomic mass is 16.3. The summed E-state index contributed by atoms with van der Waals surface area (Å²) in [7, 11) is 1.46. The van der Waals surface area contributed by atoms with Gasteiger partial charge in [0.05, 0.1) is 6.26 Å². The molecule has 2 aromatic rings. The highest BCUT2D eigenvalue weighted by Crippen LogP contribution is 2.13. The number of carbonyl (C=O) groups excluding carboxylic acids is 2. The van der Waals surface area contributed by atoms with E-state index in [4.69, 9.17) is 4.42 Å². The first-order chi connectivity index (χ1) is 10.7. The molecular formula is C16H19N3O3. The van der Waals surface area contributed by atoms with Crippen molar-refractivity contribution in [2.24, 2.45) is 0 Å². The van der Waals surface area contributed by atoms with Crippen LogP contribution >= 0.6 is 0 Å². The lowest BCUT2D eigenvalue weighted by Crippen LogP contribution is -2.44. The molecule has 3 N–H and O–H groups in total. The van der Waals surface area contributed by atoms with Crippen molar-refractivity contribution >= 4 is 11.9 Å². The minimum absolute atomic E-state index is 0.398. The van der Waals surface area contributed by atoms with Crippen LogP contribution < -0.4 is 16.0 Å². The second-order valence-corrected chi connectivity index (χ2v) is 4.70. The van der Waals surface area contributed by atoms with Crippen molar-refractivity contribution in [1.29, 1.82) is 0 Å². The summed E-state index contributed by atoms with van der Waals surface area (Å²) in [5.74, 6) is 0.441. The molecule has 0 aliphatic heterocycles. The highest BCUT2D eigenvalue weighted by molar-refractivity contribution is 5.97. The topological polar surface area (TPSA) is 83.4 Å². The van der Waals surface area contributed by atoms with Crippen molar-refractivity contribution in [2.45, 2.75) is 12.5 Å². The number of benzene rings is 1. The van der Waals surface area contributed by atoms with E-state index in [2.05, 4.69) is 16.0 Å². The fraction of sp³-hybridized carbons (Fsp3) is 0.250. The van der Waals surface area contributed by atoms with Crippen LogP contribution in [-0.2, 0) is 11.2 Å². The maximum atomic E-state index is 12.2. The van der Waals surface area contributed by atoms with E-state index in [9.17, 15) is 9.59 Å². The standard InChI is InChI=1S/C16H19N3O3/c1-17-16(21)19-15(20)14(12-6-3-2-4-7-12)18-10-9-13-8-5-11-22-13/h2-8,11,14,18H,9-10H2,1H3,(H2,17,19,20,21)/t14-/m0/s1. The molecule has 22 heavy (non-hydrogen) atoms. The summed E-state index contributed by atoms with van der Waals surface area (Å²) in [5, 5.41) is 7.82. The third-order valence-electron chi connectivity index (χ3n) is 3.16. The number of nitrogens with one attached hydrogen (secondary N) is 3. The molecule has 2 rings (SSSR count). The number of urea groups is 1. The fourth-order valence-corrected chi connectivity index (χ4v) is 2.05. The number of furan rings is 1. The SMILES string of the molecule is CNC(=O)NC(=O)[C@@H](NCCc1ccco1)c1ccccc1. The smallest absolute Gasteiger partial charge is 0.321 e. The van der Waals surface area contributed by atoms with Crippen molar-refractivity contribution < 1.29 is 14.0 Å². The Morgan fingerprint density at radius 2 is 1.91 bits per heavy atom. The Labute approximate surface area is 128 Å². The first kappa shape index (κ1) is 15.8. The average molecular weight is 301 g/mol. The van der Waals surface area contributed by atoms with Crippen LogP contribution in [0.2, 0.25) is 0 Å². The van der Waals surface area contributed by atoms with Crippen LogP contribution in [0.3, 0.4) is 0 Å². The van der Waals surface area contributed by atoms with E-state index in [1.54, 1.807) is 6.26 Å². The van der Waals surface area contributed by atoms with E-state index >= 15 is 0 Å². The molecule has 6 nitrogen and oxygen atoms in total. The third kappa shape index (κ3) is 4.46. The number of hydrogen-bond donors (Lipinski definition) is 3. The zero-order valence-corrected chi connectivity index (χ0v) is 12.3. The summed E-state index contributed by atoms with van der Waals surface area (Å²) in [6, 6.07) is 11.8. The molecule has 1 atom stereocenters. The molecule has 0 saturated heterocycles. The van der Waals surface area contributed by atoms with Crippen molar-refractivity contribution in [2.75, 3.05) is 13.6 Å². The van der Waals surface area contributed by atoms with Gasteiger partial charge in [-0.3, -0.25) is 10.1 Å². The Hall–Kier alpha value is -2.60. The molecule has 0 fully saturated rings. The summed E-state index contributed by atoms with van der Waals surface area (Å²) in [4.78, 5) is 23.6. The molecule has 0 unspecified atom stereocenters. The van der Waals surface area contributed by atoms with Gasteiger partial charge in [0.15, 0.2) is 0 Å². The summed E-state index contributed by atoms with van der Waals surface area (Å²) in [6.07, 6.45) is 2.27. The molecule has 3 amide bonds. The predicted molar refractivity (Wildman–Crippen MR) is 82.2 cm³/mol. The molecule has 0 spiro atoms. The van der Waals surface area contributed by atoms with Gasteiger partial charge in [0.1, 0.15) is 11.8 Å². The summed E-state index contributed by atoms with van der Waals surface area (Å²) < 4.78 is 5.26. The van der Waals surface area contributed by atoms with E-state index in [1.807, 2.05) is 42.5 Å². The first-order valence-corrected chi connectivity index (χ1v) is 7.04. The zero-order valence-electron chi connectivity index (χ0n) is 12.3.